The molecule has 0 amide bonds. The minimum absolute atomic E-state index is 0.0393. The van der Waals surface area contributed by atoms with Crippen molar-refractivity contribution in [2.24, 2.45) is 10.7 Å². The predicted octanol–water partition coefficient (Wildman–Crippen LogP) is 0.860. The number of ketones is 1. The van der Waals surface area contributed by atoms with Crippen LogP contribution in [0.1, 0.15) is 26.2 Å². The molecule has 2 rings (SSSR count). The molecule has 0 aliphatic carbocycles. The Bertz CT molecular complexity index is 300. The van der Waals surface area contributed by atoms with E-state index in [-0.39, 0.29) is 11.3 Å². The molecule has 1 saturated heterocycles. The minimum Gasteiger partial charge on any atom is -0.379 e. The molecule has 90 valence electrons. The summed E-state index contributed by atoms with van der Waals surface area (Å²) in [5.74, 6) is 0.300. The molecule has 0 aromatic heterocycles. The van der Waals surface area contributed by atoms with Crippen LogP contribution >= 0.6 is 11.8 Å². The number of aliphatic imine (C=N–C) groups is 1. The summed E-state index contributed by atoms with van der Waals surface area (Å²) < 4.78 is 0. The van der Waals surface area contributed by atoms with Gasteiger partial charge in [0.25, 0.3) is 0 Å². The zero-order valence-electron chi connectivity index (χ0n) is 9.69. The molecular formula is C11H19N3OS. The van der Waals surface area contributed by atoms with Crippen molar-refractivity contribution in [3.63, 3.8) is 0 Å². The number of thioether (sulfide) groups is 1. The van der Waals surface area contributed by atoms with Crippen LogP contribution in [0.4, 0.5) is 0 Å². The van der Waals surface area contributed by atoms with E-state index in [4.69, 9.17) is 5.73 Å². The number of nitrogens with two attached hydrogens (primary N) is 1. The van der Waals surface area contributed by atoms with Crippen LogP contribution in [0.5, 0.6) is 0 Å². The zero-order chi connectivity index (χ0) is 11.5. The SMILES string of the molecule is CC1N=C(N)SC1C(=O)CCN1CCCC1. The summed E-state index contributed by atoms with van der Waals surface area (Å²) in [7, 11) is 0. The van der Waals surface area contributed by atoms with Crippen molar-refractivity contribution in [1.29, 1.82) is 0 Å². The van der Waals surface area contributed by atoms with Gasteiger partial charge in [0.15, 0.2) is 5.17 Å². The maximum atomic E-state index is 12.0. The van der Waals surface area contributed by atoms with Crippen molar-refractivity contribution in [3.05, 3.63) is 0 Å². The molecule has 2 aliphatic heterocycles. The van der Waals surface area contributed by atoms with E-state index in [0.717, 1.165) is 19.6 Å². The van der Waals surface area contributed by atoms with Crippen molar-refractivity contribution in [2.45, 2.75) is 37.5 Å². The Morgan fingerprint density at radius 3 is 2.81 bits per heavy atom. The van der Waals surface area contributed by atoms with Crippen molar-refractivity contribution >= 4 is 22.7 Å². The van der Waals surface area contributed by atoms with E-state index in [1.54, 1.807) is 0 Å². The van der Waals surface area contributed by atoms with Crippen molar-refractivity contribution in [2.75, 3.05) is 19.6 Å². The topological polar surface area (TPSA) is 58.7 Å². The first-order valence-electron chi connectivity index (χ1n) is 5.92. The monoisotopic (exact) mass is 241 g/mol. The van der Waals surface area contributed by atoms with E-state index < -0.39 is 0 Å². The summed E-state index contributed by atoms with van der Waals surface area (Å²) in [6.07, 6.45) is 3.20. The molecule has 0 bridgehead atoms. The van der Waals surface area contributed by atoms with E-state index in [0.29, 0.717) is 17.4 Å². The molecule has 0 spiro atoms. The lowest BCUT2D eigenvalue weighted by Gasteiger charge is -2.16. The molecular weight excluding hydrogens is 222 g/mol. The molecule has 2 unspecified atom stereocenters. The first-order valence-corrected chi connectivity index (χ1v) is 6.80. The average molecular weight is 241 g/mol. The predicted molar refractivity (Wildman–Crippen MR) is 67.8 cm³/mol. The number of nitrogens with zero attached hydrogens (tertiary/aromatic N) is 2. The fourth-order valence-corrected chi connectivity index (χ4v) is 3.27. The maximum Gasteiger partial charge on any atom is 0.155 e. The van der Waals surface area contributed by atoms with Gasteiger partial charge in [-0.25, -0.2) is 0 Å². The number of hydrogen-bond donors (Lipinski definition) is 1. The van der Waals surface area contributed by atoms with Gasteiger partial charge in [-0.1, -0.05) is 11.8 Å². The Balaban J connectivity index is 1.75. The van der Waals surface area contributed by atoms with E-state index in [1.165, 1.54) is 24.6 Å². The normalized spacial score (nSPS) is 30.7. The van der Waals surface area contributed by atoms with Crippen LogP contribution in [-0.2, 0) is 4.79 Å². The molecule has 0 radical (unpaired) electrons. The van der Waals surface area contributed by atoms with E-state index in [2.05, 4.69) is 9.89 Å². The highest BCUT2D eigenvalue weighted by atomic mass is 32.2. The van der Waals surface area contributed by atoms with Gasteiger partial charge >= 0.3 is 0 Å². The number of Topliss-reactive ketones (excluding diaryl/α,β-unsaturated/α-hetero) is 1. The van der Waals surface area contributed by atoms with Gasteiger partial charge in [-0.05, 0) is 32.9 Å². The summed E-state index contributed by atoms with van der Waals surface area (Å²) in [6, 6.07) is 0.0519. The molecule has 2 heterocycles. The van der Waals surface area contributed by atoms with Crippen molar-refractivity contribution < 1.29 is 4.79 Å². The number of carbonyl (C=O) groups excluding carboxylic acids is 1. The largest absolute Gasteiger partial charge is 0.379 e. The van der Waals surface area contributed by atoms with Crippen LogP contribution < -0.4 is 5.73 Å². The smallest absolute Gasteiger partial charge is 0.155 e. The van der Waals surface area contributed by atoms with Gasteiger partial charge in [0.05, 0.1) is 11.3 Å². The lowest BCUT2D eigenvalue weighted by molar-refractivity contribution is -0.119. The zero-order valence-corrected chi connectivity index (χ0v) is 10.5. The molecule has 0 aromatic carbocycles. The minimum atomic E-state index is -0.0393. The van der Waals surface area contributed by atoms with Gasteiger partial charge < -0.3 is 10.6 Å². The summed E-state index contributed by atoms with van der Waals surface area (Å²) in [5, 5.41) is 0.523. The number of hydrogen-bond acceptors (Lipinski definition) is 5. The van der Waals surface area contributed by atoms with E-state index in [9.17, 15) is 4.79 Å². The van der Waals surface area contributed by atoms with Gasteiger partial charge in [-0.2, -0.15) is 0 Å². The van der Waals surface area contributed by atoms with Gasteiger partial charge in [0.1, 0.15) is 5.78 Å². The van der Waals surface area contributed by atoms with Gasteiger partial charge in [0, 0.05) is 13.0 Å². The van der Waals surface area contributed by atoms with E-state index >= 15 is 0 Å². The Morgan fingerprint density at radius 1 is 1.56 bits per heavy atom. The van der Waals surface area contributed by atoms with Crippen LogP contribution in [0.3, 0.4) is 0 Å². The first-order chi connectivity index (χ1) is 7.66. The number of rotatable bonds is 4. The van der Waals surface area contributed by atoms with Gasteiger partial charge in [0.2, 0.25) is 0 Å². The highest BCUT2D eigenvalue weighted by Crippen LogP contribution is 2.26. The second-order valence-electron chi connectivity index (χ2n) is 4.51. The highest BCUT2D eigenvalue weighted by Gasteiger charge is 2.31. The highest BCUT2D eigenvalue weighted by molar-refractivity contribution is 8.15. The fourth-order valence-electron chi connectivity index (χ4n) is 2.28. The van der Waals surface area contributed by atoms with Crippen LogP contribution in [0.2, 0.25) is 0 Å². The molecule has 0 saturated carbocycles. The van der Waals surface area contributed by atoms with Crippen LogP contribution in [0.25, 0.3) is 0 Å². The maximum absolute atomic E-state index is 12.0. The molecule has 5 heteroatoms. The molecule has 2 atom stereocenters. The van der Waals surface area contributed by atoms with Crippen molar-refractivity contribution in [1.82, 2.24) is 4.90 Å². The third-order valence-electron chi connectivity index (χ3n) is 3.21. The third-order valence-corrected chi connectivity index (χ3v) is 4.46. The fraction of sp³-hybridized carbons (Fsp3) is 0.818. The molecule has 2 aliphatic rings. The Kier molecular flexibility index (Phi) is 3.86. The standard InChI is InChI=1S/C11H19N3OS/c1-8-10(16-11(12)13-8)9(15)4-7-14-5-2-3-6-14/h8,10H,2-7H2,1H3,(H2,12,13). The van der Waals surface area contributed by atoms with Gasteiger partial charge in [-0.15, -0.1) is 0 Å². The third kappa shape index (κ3) is 2.77. The second kappa shape index (κ2) is 5.19. The molecule has 1 fully saturated rings. The first kappa shape index (κ1) is 11.9. The second-order valence-corrected chi connectivity index (χ2v) is 5.67. The van der Waals surface area contributed by atoms with Gasteiger partial charge in [-0.3, -0.25) is 9.79 Å². The number of amidine groups is 1. The van der Waals surface area contributed by atoms with Crippen LogP contribution in [-0.4, -0.2) is 46.8 Å². The number of carbonyl (C=O) groups is 1. The van der Waals surface area contributed by atoms with Crippen LogP contribution in [0, 0.1) is 0 Å². The molecule has 2 N–H and O–H groups in total. The van der Waals surface area contributed by atoms with E-state index in [1.807, 2.05) is 6.92 Å². The summed E-state index contributed by atoms with van der Waals surface area (Å²) in [5.41, 5.74) is 5.62. The van der Waals surface area contributed by atoms with Crippen molar-refractivity contribution in [3.8, 4) is 0 Å². The summed E-state index contributed by atoms with van der Waals surface area (Å²) >= 11 is 1.42. The lowest BCUT2D eigenvalue weighted by atomic mass is 10.1. The molecule has 0 aromatic rings. The Morgan fingerprint density at radius 2 is 2.25 bits per heavy atom. The quantitative estimate of drug-likeness (QED) is 0.793. The summed E-state index contributed by atoms with van der Waals surface area (Å²) in [6.45, 7) is 5.17. The van der Waals surface area contributed by atoms with Crippen LogP contribution in [0.15, 0.2) is 4.99 Å². The Hall–Kier alpha value is -0.550. The molecule has 4 nitrogen and oxygen atoms in total. The summed E-state index contributed by atoms with van der Waals surface area (Å²) in [4.78, 5) is 18.5. The number of likely N-dealkylation sites (tertiary alicyclic amines) is 1. The Labute approximate surface area is 101 Å². The average Bonchev–Trinajstić information content (AvgIpc) is 2.84. The molecule has 16 heavy (non-hydrogen) atoms. The lowest BCUT2D eigenvalue weighted by Crippen LogP contribution is -2.29.